The van der Waals surface area contributed by atoms with Gasteiger partial charge in [0.25, 0.3) is 0 Å². The number of aliphatic hydroxyl groups is 1. The van der Waals surface area contributed by atoms with Crippen molar-refractivity contribution in [1.29, 1.82) is 0 Å². The Hall–Kier alpha value is -1.76. The summed E-state index contributed by atoms with van der Waals surface area (Å²) in [6, 6.07) is 9.76. The van der Waals surface area contributed by atoms with Crippen LogP contribution in [0.2, 0.25) is 0 Å². The van der Waals surface area contributed by atoms with E-state index in [1.54, 1.807) is 12.2 Å². The van der Waals surface area contributed by atoms with Gasteiger partial charge in [0.2, 0.25) is 0 Å². The Bertz CT molecular complexity index is 358. The first-order valence-electron chi connectivity index (χ1n) is 4.53. The monoisotopic (exact) mass is 186 g/mol. The van der Waals surface area contributed by atoms with Crippen LogP contribution in [-0.4, -0.2) is 5.11 Å². The van der Waals surface area contributed by atoms with Gasteiger partial charge in [-0.25, -0.2) is 0 Å². The average molecular weight is 186 g/mol. The largest absolute Gasteiger partial charge is 0.507 e. The van der Waals surface area contributed by atoms with Crippen LogP contribution in [0.4, 0.5) is 0 Å². The Morgan fingerprint density at radius 3 is 2.43 bits per heavy atom. The maximum Gasteiger partial charge on any atom is 0.123 e. The summed E-state index contributed by atoms with van der Waals surface area (Å²) in [5, 5.41) is 9.68. The van der Waals surface area contributed by atoms with E-state index in [1.165, 1.54) is 0 Å². The summed E-state index contributed by atoms with van der Waals surface area (Å²) in [5.74, 6) is 0.244. The summed E-state index contributed by atoms with van der Waals surface area (Å²) >= 11 is 0. The molecule has 1 N–H and O–H groups in total. The standard InChI is InChI=1S/C13H14O/c1-3-8-13(14)12(4-2)11-9-6-5-7-10-11/h3-10,14H,1H2,2H3/b12-4-,13-8+. The van der Waals surface area contributed by atoms with Gasteiger partial charge in [-0.3, -0.25) is 0 Å². The molecule has 0 aliphatic carbocycles. The molecule has 0 aliphatic heterocycles. The highest BCUT2D eigenvalue weighted by atomic mass is 16.3. The van der Waals surface area contributed by atoms with Crippen molar-refractivity contribution in [2.24, 2.45) is 0 Å². The summed E-state index contributed by atoms with van der Waals surface area (Å²) in [4.78, 5) is 0. The van der Waals surface area contributed by atoms with Crippen molar-refractivity contribution in [3.8, 4) is 0 Å². The van der Waals surface area contributed by atoms with Gasteiger partial charge in [0.15, 0.2) is 0 Å². The molecule has 0 aromatic heterocycles. The van der Waals surface area contributed by atoms with Gasteiger partial charge in [-0.2, -0.15) is 0 Å². The first kappa shape index (κ1) is 10.3. The second-order valence-electron chi connectivity index (χ2n) is 2.86. The van der Waals surface area contributed by atoms with Gasteiger partial charge in [-0.15, -0.1) is 0 Å². The smallest absolute Gasteiger partial charge is 0.123 e. The molecule has 0 bridgehead atoms. The lowest BCUT2D eigenvalue weighted by Gasteiger charge is -2.05. The van der Waals surface area contributed by atoms with Crippen LogP contribution in [0.5, 0.6) is 0 Å². The second-order valence-corrected chi connectivity index (χ2v) is 2.86. The van der Waals surface area contributed by atoms with E-state index in [1.807, 2.05) is 43.3 Å². The molecule has 1 aromatic rings. The molecule has 0 saturated heterocycles. The van der Waals surface area contributed by atoms with Crippen molar-refractivity contribution in [3.05, 3.63) is 66.5 Å². The van der Waals surface area contributed by atoms with Gasteiger partial charge in [0.05, 0.1) is 0 Å². The average Bonchev–Trinajstić information content (AvgIpc) is 2.21. The minimum absolute atomic E-state index is 0.244. The molecule has 72 valence electrons. The Labute approximate surface area is 84.7 Å². The van der Waals surface area contributed by atoms with Gasteiger partial charge < -0.3 is 5.11 Å². The van der Waals surface area contributed by atoms with E-state index in [0.717, 1.165) is 11.1 Å². The first-order chi connectivity index (χ1) is 6.79. The molecule has 0 fully saturated rings. The molecule has 0 saturated carbocycles. The van der Waals surface area contributed by atoms with E-state index in [-0.39, 0.29) is 5.76 Å². The molecule has 1 nitrogen and oxygen atoms in total. The van der Waals surface area contributed by atoms with Crippen LogP contribution in [0.25, 0.3) is 5.57 Å². The third kappa shape index (κ3) is 2.36. The van der Waals surface area contributed by atoms with E-state index < -0.39 is 0 Å². The lowest BCUT2D eigenvalue weighted by Crippen LogP contribution is -1.87. The molecular formula is C13H14O. The number of hydrogen-bond acceptors (Lipinski definition) is 1. The van der Waals surface area contributed by atoms with Crippen molar-refractivity contribution in [3.63, 3.8) is 0 Å². The number of hydrogen-bond donors (Lipinski definition) is 1. The first-order valence-corrected chi connectivity index (χ1v) is 4.53. The minimum Gasteiger partial charge on any atom is -0.507 e. The van der Waals surface area contributed by atoms with E-state index in [0.29, 0.717) is 0 Å². The number of allylic oxidation sites excluding steroid dienone is 4. The Kier molecular flexibility index (Phi) is 3.74. The van der Waals surface area contributed by atoms with Crippen LogP contribution in [-0.2, 0) is 0 Å². The molecular weight excluding hydrogens is 172 g/mol. The molecule has 0 aliphatic rings. The predicted octanol–water partition coefficient (Wildman–Crippen LogP) is 3.72. The van der Waals surface area contributed by atoms with Crippen LogP contribution in [0, 0.1) is 0 Å². The van der Waals surface area contributed by atoms with Gasteiger partial charge >= 0.3 is 0 Å². The van der Waals surface area contributed by atoms with Gasteiger partial charge in [-0.05, 0) is 18.6 Å². The van der Waals surface area contributed by atoms with Crippen LogP contribution in [0.15, 0.2) is 60.9 Å². The number of rotatable bonds is 3. The van der Waals surface area contributed by atoms with Crippen LogP contribution < -0.4 is 0 Å². The van der Waals surface area contributed by atoms with Crippen molar-refractivity contribution in [2.75, 3.05) is 0 Å². The molecule has 1 aromatic carbocycles. The van der Waals surface area contributed by atoms with Gasteiger partial charge in [0.1, 0.15) is 5.76 Å². The van der Waals surface area contributed by atoms with E-state index in [2.05, 4.69) is 6.58 Å². The molecule has 0 heterocycles. The lowest BCUT2D eigenvalue weighted by atomic mass is 10.0. The highest BCUT2D eigenvalue weighted by Gasteiger charge is 2.02. The number of benzene rings is 1. The predicted molar refractivity (Wildman–Crippen MR) is 61.0 cm³/mol. The SMILES string of the molecule is C=C/C=C(O)\C(=C/C)c1ccccc1. The Morgan fingerprint density at radius 1 is 1.29 bits per heavy atom. The van der Waals surface area contributed by atoms with Crippen LogP contribution in [0.3, 0.4) is 0 Å². The molecule has 0 spiro atoms. The normalized spacial score (nSPS) is 12.6. The van der Waals surface area contributed by atoms with Crippen molar-refractivity contribution in [2.45, 2.75) is 6.92 Å². The summed E-state index contributed by atoms with van der Waals surface area (Å²) in [6.45, 7) is 5.45. The fourth-order valence-corrected chi connectivity index (χ4v) is 1.28. The summed E-state index contributed by atoms with van der Waals surface area (Å²) < 4.78 is 0. The molecule has 14 heavy (non-hydrogen) atoms. The maximum atomic E-state index is 9.68. The lowest BCUT2D eigenvalue weighted by molar-refractivity contribution is 0.438. The molecule has 1 rings (SSSR count). The molecule has 0 unspecified atom stereocenters. The highest BCUT2D eigenvalue weighted by molar-refractivity contribution is 5.76. The van der Waals surface area contributed by atoms with Gasteiger partial charge in [0, 0.05) is 5.57 Å². The topological polar surface area (TPSA) is 20.2 Å². The fraction of sp³-hybridized carbons (Fsp3) is 0.0769. The van der Waals surface area contributed by atoms with Crippen molar-refractivity contribution in [1.82, 2.24) is 0 Å². The van der Waals surface area contributed by atoms with Crippen molar-refractivity contribution < 1.29 is 5.11 Å². The Morgan fingerprint density at radius 2 is 1.93 bits per heavy atom. The zero-order chi connectivity index (χ0) is 10.4. The third-order valence-corrected chi connectivity index (χ3v) is 1.93. The summed E-state index contributed by atoms with van der Waals surface area (Å²) in [6.07, 6.45) is 5.04. The zero-order valence-electron chi connectivity index (χ0n) is 8.27. The quantitative estimate of drug-likeness (QED) is 0.563. The van der Waals surface area contributed by atoms with E-state index >= 15 is 0 Å². The molecule has 0 amide bonds. The third-order valence-electron chi connectivity index (χ3n) is 1.93. The van der Waals surface area contributed by atoms with Gasteiger partial charge in [-0.1, -0.05) is 49.1 Å². The van der Waals surface area contributed by atoms with E-state index in [9.17, 15) is 5.11 Å². The zero-order valence-corrected chi connectivity index (χ0v) is 8.27. The molecule has 0 atom stereocenters. The second kappa shape index (κ2) is 5.07. The molecule has 0 radical (unpaired) electrons. The van der Waals surface area contributed by atoms with Crippen LogP contribution in [0.1, 0.15) is 12.5 Å². The molecule has 1 heteroatoms. The minimum atomic E-state index is 0.244. The summed E-state index contributed by atoms with van der Waals surface area (Å²) in [7, 11) is 0. The number of aliphatic hydroxyl groups excluding tert-OH is 1. The van der Waals surface area contributed by atoms with Crippen LogP contribution >= 0.6 is 0 Å². The highest BCUT2D eigenvalue weighted by Crippen LogP contribution is 2.20. The van der Waals surface area contributed by atoms with Crippen molar-refractivity contribution >= 4 is 5.57 Å². The maximum absolute atomic E-state index is 9.68. The van der Waals surface area contributed by atoms with E-state index in [4.69, 9.17) is 0 Å². The summed E-state index contributed by atoms with van der Waals surface area (Å²) in [5.41, 5.74) is 1.83. The Balaban J connectivity index is 3.07. The fourth-order valence-electron chi connectivity index (χ4n) is 1.28.